The SMILES string of the molecule is N#CC(C#N)=c1cc/c(=C(/C#N)c2cc(C(F)(F)F)c(C#N)c(C(F)(F)F)c2)c(C#N)c1C(F)(F)F. The molecule has 0 unspecified atom stereocenters. The molecule has 0 heterocycles. The van der Waals surface area contributed by atoms with Crippen molar-refractivity contribution in [3.63, 3.8) is 0 Å². The second-order valence-corrected chi connectivity index (χ2v) is 6.66. The molecule has 0 spiro atoms. The molecule has 2 rings (SSSR count). The lowest BCUT2D eigenvalue weighted by molar-refractivity contribution is -0.143. The van der Waals surface area contributed by atoms with E-state index < -0.39 is 73.5 Å². The second-order valence-electron chi connectivity index (χ2n) is 6.66. The molecule has 0 atom stereocenters. The summed E-state index contributed by atoms with van der Waals surface area (Å²) >= 11 is 0. The molecule has 0 saturated heterocycles. The Morgan fingerprint density at radius 3 is 1.36 bits per heavy atom. The Hall–Kier alpha value is -5.00. The average Bonchev–Trinajstić information content (AvgIpc) is 2.78. The van der Waals surface area contributed by atoms with Crippen molar-refractivity contribution in [2.75, 3.05) is 0 Å². The molecule has 0 aliphatic carbocycles. The molecule has 2 aromatic rings. The Morgan fingerprint density at radius 1 is 0.583 bits per heavy atom. The zero-order valence-electron chi connectivity index (χ0n) is 16.9. The number of nitriles is 5. The first-order chi connectivity index (χ1) is 16.6. The number of alkyl halides is 9. The fraction of sp³-hybridized carbons (Fsp3) is 0.136. The maximum Gasteiger partial charge on any atom is 0.418 e. The minimum Gasteiger partial charge on any atom is -0.192 e. The third-order valence-electron chi connectivity index (χ3n) is 4.62. The molecule has 2 aromatic carbocycles. The molecular weight excluding hydrogens is 505 g/mol. The number of rotatable bonds is 1. The summed E-state index contributed by atoms with van der Waals surface area (Å²) < 4.78 is 122. The molecule has 0 aliphatic rings. The van der Waals surface area contributed by atoms with Gasteiger partial charge >= 0.3 is 18.5 Å². The van der Waals surface area contributed by atoms with E-state index in [-0.39, 0.29) is 12.1 Å². The predicted octanol–water partition coefficient (Wildman–Crippen LogP) is 4.41. The minimum atomic E-state index is -5.54. The van der Waals surface area contributed by atoms with Crippen LogP contribution in [0.15, 0.2) is 24.3 Å². The van der Waals surface area contributed by atoms with Gasteiger partial charge in [0.1, 0.15) is 35.9 Å². The van der Waals surface area contributed by atoms with Crippen LogP contribution in [0.1, 0.15) is 33.4 Å². The van der Waals surface area contributed by atoms with E-state index in [2.05, 4.69) is 0 Å². The molecule has 0 aliphatic heterocycles. The summed E-state index contributed by atoms with van der Waals surface area (Å²) in [5.41, 5.74) is -12.8. The van der Waals surface area contributed by atoms with E-state index >= 15 is 0 Å². The normalized spacial score (nSPS) is 12.3. The van der Waals surface area contributed by atoms with Crippen LogP contribution in [0, 0.1) is 56.7 Å². The first kappa shape index (κ1) is 27.2. The molecule has 0 N–H and O–H groups in total. The maximum absolute atomic E-state index is 13.8. The maximum atomic E-state index is 13.8. The molecule has 14 heteroatoms. The van der Waals surface area contributed by atoms with E-state index in [4.69, 9.17) is 15.8 Å². The third kappa shape index (κ3) is 4.92. The lowest BCUT2D eigenvalue weighted by Gasteiger charge is -2.17. The van der Waals surface area contributed by atoms with Crippen molar-refractivity contribution in [3.8, 4) is 30.3 Å². The molecule has 5 nitrogen and oxygen atoms in total. The van der Waals surface area contributed by atoms with Gasteiger partial charge in [-0.25, -0.2) is 0 Å². The Bertz CT molecular complexity index is 1540. The van der Waals surface area contributed by atoms with Crippen molar-refractivity contribution >= 4 is 11.1 Å². The summed E-state index contributed by atoms with van der Waals surface area (Å²) in [6, 6.07) is 6.44. The number of nitrogens with zero attached hydrogens (tertiary/aromatic N) is 5. The van der Waals surface area contributed by atoms with Gasteiger partial charge in [-0.3, -0.25) is 0 Å². The molecule has 0 amide bonds. The molecule has 180 valence electrons. The van der Waals surface area contributed by atoms with Crippen LogP contribution in [0.5, 0.6) is 0 Å². The fourth-order valence-electron chi connectivity index (χ4n) is 3.21. The van der Waals surface area contributed by atoms with Crippen molar-refractivity contribution in [2.45, 2.75) is 18.5 Å². The van der Waals surface area contributed by atoms with Crippen LogP contribution in [-0.2, 0) is 18.5 Å². The monoisotopic (exact) mass is 509 g/mol. The van der Waals surface area contributed by atoms with E-state index in [1.807, 2.05) is 0 Å². The highest BCUT2D eigenvalue weighted by Gasteiger charge is 2.42. The van der Waals surface area contributed by atoms with E-state index in [1.165, 1.54) is 18.2 Å². The van der Waals surface area contributed by atoms with Crippen molar-refractivity contribution in [1.29, 1.82) is 26.3 Å². The largest absolute Gasteiger partial charge is 0.418 e. The summed E-state index contributed by atoms with van der Waals surface area (Å²) in [7, 11) is 0. The zero-order chi connectivity index (χ0) is 27.6. The molecule has 0 fully saturated rings. The van der Waals surface area contributed by atoms with Crippen molar-refractivity contribution in [2.24, 2.45) is 0 Å². The summed E-state index contributed by atoms with van der Waals surface area (Å²) in [4.78, 5) is 0. The van der Waals surface area contributed by atoms with E-state index in [0.717, 1.165) is 12.1 Å². The van der Waals surface area contributed by atoms with Gasteiger partial charge < -0.3 is 0 Å². The number of halogens is 9. The second kappa shape index (κ2) is 9.33. The summed E-state index contributed by atoms with van der Waals surface area (Å²) in [6.07, 6.45) is -16.5. The first-order valence-electron chi connectivity index (χ1n) is 8.88. The Kier molecular flexibility index (Phi) is 7.06. The Labute approximate surface area is 194 Å². The molecule has 0 aromatic heterocycles. The van der Waals surface area contributed by atoms with Crippen LogP contribution in [0.4, 0.5) is 39.5 Å². The molecular formula is C22H4F9N5. The summed E-state index contributed by atoms with van der Waals surface area (Å²) in [5, 5.41) is 43.6. The fourth-order valence-corrected chi connectivity index (χ4v) is 3.21. The zero-order valence-corrected chi connectivity index (χ0v) is 16.9. The Balaban J connectivity index is 3.32. The molecule has 0 bridgehead atoms. The standard InChI is InChI=1S/C22H4F9N5/c23-20(24,25)17-3-10(4-18(16(17)9-36)21(26,27)28)14(7-34)13-2-1-12(11(5-32)6-33)19(15(13)8-35)22(29,30)31/h1-4H/b14-13+. The van der Waals surface area contributed by atoms with Gasteiger partial charge in [-0.15, -0.1) is 0 Å². The smallest absolute Gasteiger partial charge is 0.192 e. The van der Waals surface area contributed by atoms with Gasteiger partial charge in [0, 0.05) is 10.4 Å². The lowest BCUT2D eigenvalue weighted by Crippen LogP contribution is -2.29. The van der Waals surface area contributed by atoms with Gasteiger partial charge in [-0.05, 0) is 17.7 Å². The highest BCUT2D eigenvalue weighted by molar-refractivity contribution is 5.80. The first-order valence-corrected chi connectivity index (χ1v) is 8.88. The number of hydrogen-bond acceptors (Lipinski definition) is 5. The topological polar surface area (TPSA) is 119 Å². The predicted molar refractivity (Wildman–Crippen MR) is 99.3 cm³/mol. The molecule has 0 radical (unpaired) electrons. The summed E-state index contributed by atoms with van der Waals surface area (Å²) in [5.74, 6) is 0. The van der Waals surface area contributed by atoms with Crippen molar-refractivity contribution in [1.82, 2.24) is 0 Å². The van der Waals surface area contributed by atoms with E-state index in [0.29, 0.717) is 12.1 Å². The van der Waals surface area contributed by atoms with Gasteiger partial charge in [-0.2, -0.15) is 65.8 Å². The van der Waals surface area contributed by atoms with Crippen LogP contribution in [-0.4, -0.2) is 0 Å². The highest BCUT2D eigenvalue weighted by atomic mass is 19.4. The van der Waals surface area contributed by atoms with Crippen LogP contribution >= 0.6 is 0 Å². The number of hydrogen-bond donors (Lipinski definition) is 0. The molecule has 36 heavy (non-hydrogen) atoms. The lowest BCUT2D eigenvalue weighted by atomic mass is 9.91. The van der Waals surface area contributed by atoms with Crippen LogP contribution in [0.25, 0.3) is 11.1 Å². The van der Waals surface area contributed by atoms with Gasteiger partial charge in [-0.1, -0.05) is 12.1 Å². The van der Waals surface area contributed by atoms with E-state index in [9.17, 15) is 50.0 Å². The van der Waals surface area contributed by atoms with Gasteiger partial charge in [0.05, 0.1) is 33.4 Å². The van der Waals surface area contributed by atoms with Crippen molar-refractivity contribution < 1.29 is 39.5 Å². The van der Waals surface area contributed by atoms with Crippen LogP contribution < -0.4 is 10.4 Å². The Morgan fingerprint density at radius 2 is 1.03 bits per heavy atom. The van der Waals surface area contributed by atoms with Gasteiger partial charge in [0.2, 0.25) is 0 Å². The van der Waals surface area contributed by atoms with Crippen LogP contribution in [0.2, 0.25) is 0 Å². The van der Waals surface area contributed by atoms with Crippen molar-refractivity contribution in [3.05, 3.63) is 68.1 Å². The molecule has 0 saturated carbocycles. The van der Waals surface area contributed by atoms with Gasteiger partial charge in [0.25, 0.3) is 0 Å². The summed E-state index contributed by atoms with van der Waals surface area (Å²) in [6.45, 7) is 0. The highest BCUT2D eigenvalue weighted by Crippen LogP contribution is 2.41. The van der Waals surface area contributed by atoms with E-state index in [1.54, 1.807) is 0 Å². The minimum absolute atomic E-state index is 0.0310. The average molecular weight is 509 g/mol. The quantitative estimate of drug-likeness (QED) is 0.528. The number of benzene rings is 2. The van der Waals surface area contributed by atoms with Crippen LogP contribution in [0.3, 0.4) is 0 Å². The third-order valence-corrected chi connectivity index (χ3v) is 4.62. The van der Waals surface area contributed by atoms with Gasteiger partial charge in [0.15, 0.2) is 0 Å².